The highest BCUT2D eigenvalue weighted by molar-refractivity contribution is 5.79. The number of benzene rings is 2. The van der Waals surface area contributed by atoms with E-state index in [2.05, 4.69) is 10.3 Å². The van der Waals surface area contributed by atoms with Crippen LogP contribution < -0.4 is 10.1 Å². The van der Waals surface area contributed by atoms with Crippen LogP contribution in [0.25, 0.3) is 11.1 Å². The van der Waals surface area contributed by atoms with Gasteiger partial charge in [0.1, 0.15) is 11.6 Å². The van der Waals surface area contributed by atoms with Gasteiger partial charge in [0.2, 0.25) is 0 Å². The molecule has 1 aromatic heterocycles. The Hall–Kier alpha value is -3.94. The quantitative estimate of drug-likeness (QED) is 0.549. The Kier molecular flexibility index (Phi) is 7.06. The molecule has 3 aromatic rings. The molecule has 7 nitrogen and oxygen atoms in total. The zero-order chi connectivity index (χ0) is 24.1. The average molecular weight is 464 g/mol. The number of ether oxygens (including phenoxy) is 1. The lowest BCUT2D eigenvalue weighted by Gasteiger charge is -2.31. The molecule has 0 saturated carbocycles. The second-order valence-corrected chi connectivity index (χ2v) is 8.04. The number of carboxylic acid groups (broad SMARTS) is 1. The lowest BCUT2D eigenvalue weighted by atomic mass is 9.90. The molecule has 0 aliphatic carbocycles. The van der Waals surface area contributed by atoms with Crippen molar-refractivity contribution in [2.45, 2.75) is 32.9 Å². The number of rotatable bonds is 7. The van der Waals surface area contributed by atoms with Gasteiger partial charge in [-0.05, 0) is 59.9 Å². The normalized spacial score (nSPS) is 12.7. The Labute approximate surface area is 197 Å². The zero-order valence-corrected chi connectivity index (χ0v) is 18.9. The van der Waals surface area contributed by atoms with Crippen molar-refractivity contribution in [3.05, 3.63) is 82.9 Å². The second-order valence-electron chi connectivity index (χ2n) is 8.04. The average Bonchev–Trinajstić information content (AvgIpc) is 2.84. The minimum atomic E-state index is -0.929. The van der Waals surface area contributed by atoms with E-state index in [1.54, 1.807) is 35.4 Å². The minimum Gasteiger partial charge on any atom is -0.493 e. The molecule has 0 saturated heterocycles. The van der Waals surface area contributed by atoms with E-state index in [0.29, 0.717) is 43.0 Å². The first-order valence-corrected chi connectivity index (χ1v) is 11.2. The number of nitrogens with zero attached hydrogens (tertiary/aromatic N) is 2. The Balaban J connectivity index is 1.62. The summed E-state index contributed by atoms with van der Waals surface area (Å²) in [6.07, 6.45) is 1.95. The predicted octanol–water partition coefficient (Wildman–Crippen LogP) is 4.18. The van der Waals surface area contributed by atoms with Crippen LogP contribution in [-0.2, 0) is 30.7 Å². The number of aromatic nitrogens is 1. The van der Waals surface area contributed by atoms with Gasteiger partial charge >= 0.3 is 12.0 Å². The zero-order valence-electron chi connectivity index (χ0n) is 18.9. The van der Waals surface area contributed by atoms with Gasteiger partial charge in [0.15, 0.2) is 0 Å². The summed E-state index contributed by atoms with van der Waals surface area (Å²) < 4.78 is 20.5. The number of urea groups is 1. The van der Waals surface area contributed by atoms with E-state index >= 15 is 0 Å². The van der Waals surface area contributed by atoms with Crippen molar-refractivity contribution in [1.82, 2.24) is 15.2 Å². The molecule has 8 heteroatoms. The summed E-state index contributed by atoms with van der Waals surface area (Å²) in [4.78, 5) is 29.9. The predicted molar refractivity (Wildman–Crippen MR) is 125 cm³/mol. The van der Waals surface area contributed by atoms with Gasteiger partial charge in [-0.1, -0.05) is 24.3 Å². The molecule has 0 unspecified atom stereocenters. The van der Waals surface area contributed by atoms with Crippen molar-refractivity contribution < 1.29 is 23.8 Å². The van der Waals surface area contributed by atoms with Gasteiger partial charge in [-0.3, -0.25) is 9.78 Å². The van der Waals surface area contributed by atoms with Gasteiger partial charge in [0, 0.05) is 24.8 Å². The van der Waals surface area contributed by atoms with Gasteiger partial charge in [-0.15, -0.1) is 0 Å². The fraction of sp³-hybridized carbons (Fsp3) is 0.269. The number of nitrogens with one attached hydrogen (secondary N) is 1. The molecule has 0 radical (unpaired) electrons. The molecule has 0 bridgehead atoms. The molecule has 176 valence electrons. The van der Waals surface area contributed by atoms with E-state index in [1.165, 1.54) is 6.07 Å². The number of carboxylic acids is 1. The molecular weight excluding hydrogens is 437 g/mol. The number of aliphatic carboxylic acids is 1. The van der Waals surface area contributed by atoms with Crippen molar-refractivity contribution >= 4 is 12.0 Å². The maximum absolute atomic E-state index is 14.7. The first kappa shape index (κ1) is 23.2. The number of hydrogen-bond donors (Lipinski definition) is 2. The highest BCUT2D eigenvalue weighted by Gasteiger charge is 2.26. The van der Waals surface area contributed by atoms with Gasteiger partial charge in [0.25, 0.3) is 0 Å². The Bertz CT molecular complexity index is 1200. The van der Waals surface area contributed by atoms with Crippen LogP contribution in [0.1, 0.15) is 29.3 Å². The van der Waals surface area contributed by atoms with E-state index in [9.17, 15) is 14.0 Å². The number of pyridine rings is 1. The lowest BCUT2D eigenvalue weighted by Crippen LogP contribution is -2.43. The molecule has 2 amide bonds. The molecule has 2 heterocycles. The number of carbonyl (C=O) groups excluding carboxylic acids is 1. The van der Waals surface area contributed by atoms with Crippen molar-refractivity contribution in [2.75, 3.05) is 13.2 Å². The molecule has 1 aliphatic rings. The monoisotopic (exact) mass is 463 g/mol. The number of fused-ring (bicyclic) bond motifs is 1. The van der Waals surface area contributed by atoms with E-state index in [-0.39, 0.29) is 24.8 Å². The van der Waals surface area contributed by atoms with Crippen LogP contribution in [-0.4, -0.2) is 40.1 Å². The van der Waals surface area contributed by atoms with Crippen molar-refractivity contribution in [3.8, 4) is 16.9 Å². The number of amides is 2. The summed E-state index contributed by atoms with van der Waals surface area (Å²) in [5.74, 6) is -0.693. The van der Waals surface area contributed by atoms with Crippen LogP contribution >= 0.6 is 0 Å². The van der Waals surface area contributed by atoms with Crippen molar-refractivity contribution in [3.63, 3.8) is 0 Å². The molecule has 1 aliphatic heterocycles. The minimum absolute atomic E-state index is 0.119. The Morgan fingerprint density at radius 1 is 1.15 bits per heavy atom. The smallest absolute Gasteiger partial charge is 0.318 e. The lowest BCUT2D eigenvalue weighted by molar-refractivity contribution is -0.136. The van der Waals surface area contributed by atoms with Gasteiger partial charge in [0.05, 0.1) is 25.3 Å². The van der Waals surface area contributed by atoms with Gasteiger partial charge < -0.3 is 20.1 Å². The van der Waals surface area contributed by atoms with Crippen LogP contribution in [0.4, 0.5) is 9.18 Å². The summed E-state index contributed by atoms with van der Waals surface area (Å²) in [5, 5.41) is 12.0. The van der Waals surface area contributed by atoms with Crippen LogP contribution in [0, 0.1) is 5.82 Å². The Morgan fingerprint density at radius 2 is 1.97 bits per heavy atom. The van der Waals surface area contributed by atoms with Crippen molar-refractivity contribution in [1.29, 1.82) is 0 Å². The number of halogens is 1. The van der Waals surface area contributed by atoms with E-state index in [1.807, 2.05) is 25.1 Å². The topological polar surface area (TPSA) is 91.8 Å². The van der Waals surface area contributed by atoms with Gasteiger partial charge in [-0.25, -0.2) is 9.18 Å². The highest BCUT2D eigenvalue weighted by Crippen LogP contribution is 2.37. The third kappa shape index (κ3) is 5.17. The highest BCUT2D eigenvalue weighted by atomic mass is 19.1. The summed E-state index contributed by atoms with van der Waals surface area (Å²) in [6, 6.07) is 13.6. The van der Waals surface area contributed by atoms with E-state index < -0.39 is 5.97 Å². The molecule has 2 N–H and O–H groups in total. The molecule has 4 rings (SSSR count). The Morgan fingerprint density at radius 3 is 2.71 bits per heavy atom. The summed E-state index contributed by atoms with van der Waals surface area (Å²) in [5.41, 5.74) is 4.19. The molecular formula is C26H26FN3O4. The van der Waals surface area contributed by atoms with E-state index in [4.69, 9.17) is 9.84 Å². The largest absolute Gasteiger partial charge is 0.493 e. The standard InChI is InChI=1S/C26H26FN3O4/c1-2-34-24-13-17(14-25(31)32)6-7-21(24)19-8-9-23(27)20-10-12-30(16-22(19)20)26(33)29-15-18-5-3-4-11-28-18/h3-9,11,13H,2,10,12,14-16H2,1H3,(H,29,33)(H,31,32). The van der Waals surface area contributed by atoms with Crippen molar-refractivity contribution in [2.24, 2.45) is 0 Å². The summed E-state index contributed by atoms with van der Waals surface area (Å²) >= 11 is 0. The number of hydrogen-bond acceptors (Lipinski definition) is 4. The summed E-state index contributed by atoms with van der Waals surface area (Å²) in [6.45, 7) is 3.20. The maximum Gasteiger partial charge on any atom is 0.318 e. The molecule has 2 aromatic carbocycles. The first-order chi connectivity index (χ1) is 16.5. The van der Waals surface area contributed by atoms with Crippen LogP contribution in [0.2, 0.25) is 0 Å². The summed E-state index contributed by atoms with van der Waals surface area (Å²) in [7, 11) is 0. The maximum atomic E-state index is 14.7. The second kappa shape index (κ2) is 10.3. The van der Waals surface area contributed by atoms with Crippen LogP contribution in [0.3, 0.4) is 0 Å². The fourth-order valence-corrected chi connectivity index (χ4v) is 4.19. The molecule has 0 spiro atoms. The third-order valence-electron chi connectivity index (χ3n) is 5.78. The van der Waals surface area contributed by atoms with E-state index in [0.717, 1.165) is 22.4 Å². The van der Waals surface area contributed by atoms with Crippen LogP contribution in [0.15, 0.2) is 54.7 Å². The third-order valence-corrected chi connectivity index (χ3v) is 5.78. The molecule has 0 fully saturated rings. The fourth-order valence-electron chi connectivity index (χ4n) is 4.19. The SMILES string of the molecule is CCOc1cc(CC(=O)O)ccc1-c1ccc(F)c2c1CN(C(=O)NCc1ccccn1)CC2. The van der Waals surface area contributed by atoms with Gasteiger partial charge in [-0.2, -0.15) is 0 Å². The number of carbonyl (C=O) groups is 2. The van der Waals surface area contributed by atoms with Crippen LogP contribution in [0.5, 0.6) is 5.75 Å². The first-order valence-electron chi connectivity index (χ1n) is 11.2. The molecule has 0 atom stereocenters. The molecule has 34 heavy (non-hydrogen) atoms.